The van der Waals surface area contributed by atoms with E-state index in [2.05, 4.69) is 15.9 Å². The summed E-state index contributed by atoms with van der Waals surface area (Å²) in [4.78, 5) is 12.2. The van der Waals surface area contributed by atoms with E-state index in [1.54, 1.807) is 31.4 Å². The van der Waals surface area contributed by atoms with Crippen molar-refractivity contribution in [1.29, 1.82) is 0 Å². The molecule has 132 valence electrons. The summed E-state index contributed by atoms with van der Waals surface area (Å²) in [6.45, 7) is 0.305. The van der Waals surface area contributed by atoms with Gasteiger partial charge in [0.2, 0.25) is 0 Å². The van der Waals surface area contributed by atoms with Crippen LogP contribution in [0.1, 0.15) is 21.9 Å². The van der Waals surface area contributed by atoms with Gasteiger partial charge in [-0.05, 0) is 60.7 Å². The number of methoxy groups -OCH3 is 1. The molecule has 0 N–H and O–H groups in total. The lowest BCUT2D eigenvalue weighted by Crippen LogP contribution is -1.94. The number of halogens is 1. The second-order valence-corrected chi connectivity index (χ2v) is 6.39. The lowest BCUT2D eigenvalue weighted by molar-refractivity contribution is 0.104. The zero-order valence-electron chi connectivity index (χ0n) is 14.1. The summed E-state index contributed by atoms with van der Waals surface area (Å²) in [7, 11) is 1.62. The van der Waals surface area contributed by atoms with Crippen molar-refractivity contribution in [2.24, 2.45) is 0 Å². The molecule has 0 radical (unpaired) electrons. The van der Waals surface area contributed by atoms with Crippen LogP contribution in [-0.4, -0.2) is 12.9 Å². The van der Waals surface area contributed by atoms with E-state index in [1.807, 2.05) is 42.5 Å². The van der Waals surface area contributed by atoms with Gasteiger partial charge < -0.3 is 13.9 Å². The van der Waals surface area contributed by atoms with Crippen LogP contribution in [0.5, 0.6) is 11.5 Å². The summed E-state index contributed by atoms with van der Waals surface area (Å²) < 4.78 is 17.3. The van der Waals surface area contributed by atoms with Gasteiger partial charge in [-0.1, -0.05) is 28.1 Å². The van der Waals surface area contributed by atoms with E-state index in [0.29, 0.717) is 23.7 Å². The van der Waals surface area contributed by atoms with Crippen LogP contribution in [0.4, 0.5) is 0 Å². The molecule has 0 fully saturated rings. The van der Waals surface area contributed by atoms with E-state index in [4.69, 9.17) is 13.9 Å². The second kappa shape index (κ2) is 8.54. The molecule has 0 bridgehead atoms. The number of carbonyl (C=O) groups excluding carboxylic acids is 1. The molecule has 0 saturated heterocycles. The Bertz CT molecular complexity index is 910. The number of rotatable bonds is 7. The molecule has 2 aromatic carbocycles. The molecule has 0 aliphatic rings. The fraction of sp³-hybridized carbons (Fsp3) is 0.0952. The first-order chi connectivity index (χ1) is 12.6. The Kier molecular flexibility index (Phi) is 5.92. The van der Waals surface area contributed by atoms with Crippen LogP contribution >= 0.6 is 15.9 Å². The predicted octanol–water partition coefficient (Wildman–Crippen LogP) is 5.53. The zero-order chi connectivity index (χ0) is 18.4. The number of ketones is 1. The second-order valence-electron chi connectivity index (χ2n) is 5.48. The first kappa shape index (κ1) is 18.0. The van der Waals surface area contributed by atoms with E-state index in [-0.39, 0.29) is 5.78 Å². The highest BCUT2D eigenvalue weighted by Crippen LogP contribution is 2.19. The average molecular weight is 413 g/mol. The number of hydrogen-bond acceptors (Lipinski definition) is 4. The van der Waals surface area contributed by atoms with E-state index in [9.17, 15) is 4.79 Å². The van der Waals surface area contributed by atoms with Crippen molar-refractivity contribution in [1.82, 2.24) is 0 Å². The molecule has 0 spiro atoms. The van der Waals surface area contributed by atoms with Crippen molar-refractivity contribution in [3.8, 4) is 11.5 Å². The van der Waals surface area contributed by atoms with E-state index in [0.717, 1.165) is 16.0 Å². The Labute approximate surface area is 160 Å². The van der Waals surface area contributed by atoms with Crippen molar-refractivity contribution in [3.05, 3.63) is 88.3 Å². The molecule has 0 saturated carbocycles. The molecule has 1 aromatic heterocycles. The quantitative estimate of drug-likeness (QED) is 0.378. The third-order valence-corrected chi connectivity index (χ3v) is 4.12. The van der Waals surface area contributed by atoms with Crippen molar-refractivity contribution < 1.29 is 18.7 Å². The van der Waals surface area contributed by atoms with Crippen LogP contribution in [-0.2, 0) is 6.61 Å². The number of benzene rings is 2. The monoisotopic (exact) mass is 412 g/mol. The summed E-state index contributed by atoms with van der Waals surface area (Å²) in [5.41, 5.74) is 0.616. The fourth-order valence-corrected chi connectivity index (χ4v) is 2.68. The summed E-state index contributed by atoms with van der Waals surface area (Å²) in [6, 6.07) is 18.2. The molecule has 0 aliphatic heterocycles. The normalized spacial score (nSPS) is 10.8. The van der Waals surface area contributed by atoms with Crippen LogP contribution < -0.4 is 9.47 Å². The predicted molar refractivity (Wildman–Crippen MR) is 104 cm³/mol. The van der Waals surface area contributed by atoms with E-state index < -0.39 is 0 Å². The maximum atomic E-state index is 12.2. The number of allylic oxidation sites excluding steroid dienone is 1. The first-order valence-corrected chi connectivity index (χ1v) is 8.77. The lowest BCUT2D eigenvalue weighted by Gasteiger charge is -2.05. The molecular weight excluding hydrogens is 396 g/mol. The summed E-state index contributed by atoms with van der Waals surface area (Å²) in [5.74, 6) is 2.69. The lowest BCUT2D eigenvalue weighted by atomic mass is 10.1. The average Bonchev–Trinajstić information content (AvgIpc) is 3.13. The van der Waals surface area contributed by atoms with Gasteiger partial charge in [0.15, 0.2) is 5.78 Å². The van der Waals surface area contributed by atoms with Gasteiger partial charge in [0.1, 0.15) is 29.6 Å². The molecule has 1 heterocycles. The Hall–Kier alpha value is -2.79. The maximum Gasteiger partial charge on any atom is 0.186 e. The Morgan fingerprint density at radius 2 is 1.85 bits per heavy atom. The van der Waals surface area contributed by atoms with Crippen molar-refractivity contribution >= 4 is 27.8 Å². The minimum atomic E-state index is -0.0845. The third-order valence-electron chi connectivity index (χ3n) is 3.63. The van der Waals surface area contributed by atoms with Gasteiger partial charge in [0.05, 0.1) is 7.11 Å². The van der Waals surface area contributed by atoms with Gasteiger partial charge in [-0.2, -0.15) is 0 Å². The molecule has 0 unspecified atom stereocenters. The van der Waals surface area contributed by atoms with Crippen molar-refractivity contribution in [2.45, 2.75) is 6.61 Å². The highest BCUT2D eigenvalue weighted by atomic mass is 79.9. The highest BCUT2D eigenvalue weighted by Gasteiger charge is 2.04. The SMILES string of the molecule is COc1ccc(OCc2ccc(/C=C/C(=O)c3cccc(Br)c3)o2)cc1. The van der Waals surface area contributed by atoms with Gasteiger partial charge in [0, 0.05) is 10.0 Å². The molecule has 26 heavy (non-hydrogen) atoms. The first-order valence-electron chi connectivity index (χ1n) is 7.97. The van der Waals surface area contributed by atoms with Crippen LogP contribution in [0.3, 0.4) is 0 Å². The molecule has 3 aromatic rings. The highest BCUT2D eigenvalue weighted by molar-refractivity contribution is 9.10. The fourth-order valence-electron chi connectivity index (χ4n) is 2.28. The van der Waals surface area contributed by atoms with Gasteiger partial charge in [-0.25, -0.2) is 0 Å². The Morgan fingerprint density at radius 3 is 2.58 bits per heavy atom. The third kappa shape index (κ3) is 4.86. The number of hydrogen-bond donors (Lipinski definition) is 0. The van der Waals surface area contributed by atoms with Crippen LogP contribution in [0.25, 0.3) is 6.08 Å². The Morgan fingerprint density at radius 1 is 1.08 bits per heavy atom. The van der Waals surface area contributed by atoms with Gasteiger partial charge >= 0.3 is 0 Å². The summed E-state index contributed by atoms with van der Waals surface area (Å²) in [5, 5.41) is 0. The smallest absolute Gasteiger partial charge is 0.186 e. The molecular formula is C21H17BrO4. The van der Waals surface area contributed by atoms with E-state index >= 15 is 0 Å². The van der Waals surface area contributed by atoms with E-state index in [1.165, 1.54) is 6.08 Å². The van der Waals surface area contributed by atoms with Crippen LogP contribution in [0.2, 0.25) is 0 Å². The molecule has 0 atom stereocenters. The largest absolute Gasteiger partial charge is 0.497 e. The van der Waals surface area contributed by atoms with Crippen LogP contribution in [0.15, 0.2) is 75.6 Å². The summed E-state index contributed by atoms with van der Waals surface area (Å²) in [6.07, 6.45) is 3.15. The van der Waals surface area contributed by atoms with Crippen molar-refractivity contribution in [2.75, 3.05) is 7.11 Å². The number of carbonyl (C=O) groups is 1. The molecule has 5 heteroatoms. The number of furan rings is 1. The maximum absolute atomic E-state index is 12.2. The van der Waals surface area contributed by atoms with Gasteiger partial charge in [-0.3, -0.25) is 4.79 Å². The minimum absolute atomic E-state index is 0.0845. The Balaban J connectivity index is 1.57. The van der Waals surface area contributed by atoms with Gasteiger partial charge in [-0.15, -0.1) is 0 Å². The number of ether oxygens (including phenoxy) is 2. The minimum Gasteiger partial charge on any atom is -0.497 e. The standard InChI is InChI=1S/C21H17BrO4/c1-24-17-5-7-18(8-6-17)25-14-20-10-9-19(26-20)11-12-21(23)15-3-2-4-16(22)13-15/h2-13H,14H2,1H3/b12-11+. The van der Waals surface area contributed by atoms with Crippen LogP contribution in [0, 0.1) is 0 Å². The molecule has 4 nitrogen and oxygen atoms in total. The van der Waals surface area contributed by atoms with Gasteiger partial charge in [0.25, 0.3) is 0 Å². The van der Waals surface area contributed by atoms with Crippen molar-refractivity contribution in [3.63, 3.8) is 0 Å². The molecule has 3 rings (SSSR count). The summed E-state index contributed by atoms with van der Waals surface area (Å²) >= 11 is 3.36. The zero-order valence-corrected chi connectivity index (χ0v) is 15.7. The topological polar surface area (TPSA) is 48.7 Å². The molecule has 0 aliphatic carbocycles. The molecule has 0 amide bonds.